The number of carbonyl (C=O) groups is 4. The summed E-state index contributed by atoms with van der Waals surface area (Å²) < 4.78 is 11.7. The molecular weight excluding hydrogens is 763 g/mol. The number of anilines is 2. The number of terminal acetylenes is 2. The van der Waals surface area contributed by atoms with Gasteiger partial charge in [0.25, 0.3) is 17.7 Å². The lowest BCUT2D eigenvalue weighted by Gasteiger charge is -2.12. The van der Waals surface area contributed by atoms with Crippen molar-refractivity contribution in [2.75, 3.05) is 51.1 Å². The number of hydroxylamine groups is 2. The van der Waals surface area contributed by atoms with Gasteiger partial charge in [-0.15, -0.1) is 17.9 Å². The monoisotopic (exact) mass is 805 g/mol. The molecule has 1 fully saturated rings. The van der Waals surface area contributed by atoms with E-state index in [1.807, 2.05) is 86.5 Å². The van der Waals surface area contributed by atoms with E-state index >= 15 is 0 Å². The normalized spacial score (nSPS) is 11.6. The first-order valence-electron chi connectivity index (χ1n) is 18.5. The van der Waals surface area contributed by atoms with Gasteiger partial charge in [-0.3, -0.25) is 14.4 Å². The number of nitrogens with zero attached hydrogens (tertiary/aromatic N) is 5. The molecule has 3 heterocycles. The zero-order valence-electron chi connectivity index (χ0n) is 33.5. The molecule has 3 amide bonds. The summed E-state index contributed by atoms with van der Waals surface area (Å²) >= 11 is 0. The number of carbonyl (C=O) groups excluding carboxylic acids is 4. The van der Waals surface area contributed by atoms with Gasteiger partial charge in [0.05, 0.1) is 31.0 Å². The number of imide groups is 1. The minimum Gasteiger partial charge on any atom is -0.436 e. The molecule has 3 N–H and O–H groups in total. The maximum Gasteiger partial charge on any atom is 0.363 e. The van der Waals surface area contributed by atoms with Gasteiger partial charge in [0.15, 0.2) is 11.5 Å². The van der Waals surface area contributed by atoms with Crippen LogP contribution in [-0.2, 0) is 14.4 Å². The predicted octanol–water partition coefficient (Wildman–Crippen LogP) is 6.31. The van der Waals surface area contributed by atoms with Crippen LogP contribution in [0.2, 0.25) is 0 Å². The number of benzene rings is 4. The molecule has 304 valence electrons. The number of hydrogen-bond acceptors (Lipinski definition) is 12. The minimum atomic E-state index is -0.778. The van der Waals surface area contributed by atoms with Crippen molar-refractivity contribution in [3.05, 3.63) is 121 Å². The molecular formula is C46H43N7O7. The van der Waals surface area contributed by atoms with Gasteiger partial charge in [-0.05, 0) is 97.1 Å². The molecule has 1 aliphatic heterocycles. The molecule has 0 spiro atoms. The van der Waals surface area contributed by atoms with Gasteiger partial charge in [0, 0.05) is 80.2 Å². The zero-order chi connectivity index (χ0) is 43.2. The number of amides is 3. The summed E-state index contributed by atoms with van der Waals surface area (Å²) in [6.45, 7) is 0.552. The van der Waals surface area contributed by atoms with Gasteiger partial charge < -0.3 is 34.5 Å². The summed E-state index contributed by atoms with van der Waals surface area (Å²) in [5.41, 5.74) is 11.1. The minimum absolute atomic E-state index is 0.0510. The van der Waals surface area contributed by atoms with Crippen LogP contribution < -0.4 is 20.9 Å². The molecule has 0 unspecified atom stereocenters. The fourth-order valence-electron chi connectivity index (χ4n) is 5.47. The van der Waals surface area contributed by atoms with Crippen molar-refractivity contribution in [2.24, 2.45) is 5.73 Å². The Morgan fingerprint density at radius 1 is 0.683 bits per heavy atom. The van der Waals surface area contributed by atoms with E-state index < -0.39 is 17.8 Å². The van der Waals surface area contributed by atoms with Crippen molar-refractivity contribution >= 4 is 35.1 Å². The van der Waals surface area contributed by atoms with E-state index in [2.05, 4.69) is 33.5 Å². The van der Waals surface area contributed by atoms with Crippen LogP contribution >= 0.6 is 0 Å². The summed E-state index contributed by atoms with van der Waals surface area (Å²) in [7, 11) is 7.94. The van der Waals surface area contributed by atoms with Crippen LogP contribution in [0.1, 0.15) is 33.6 Å². The third-order valence-electron chi connectivity index (χ3n) is 8.76. The molecule has 1 saturated heterocycles. The van der Waals surface area contributed by atoms with E-state index in [9.17, 15) is 19.2 Å². The summed E-state index contributed by atoms with van der Waals surface area (Å²) in [4.78, 5) is 64.8. The summed E-state index contributed by atoms with van der Waals surface area (Å²) in [5.74, 6) is 4.80. The quantitative estimate of drug-likeness (QED) is 0.117. The Bertz CT molecular complexity index is 2470. The Balaban J connectivity index is 0.000000211. The highest BCUT2D eigenvalue weighted by atomic mass is 16.7. The molecule has 0 bridgehead atoms. The van der Waals surface area contributed by atoms with Gasteiger partial charge >= 0.3 is 5.97 Å². The highest BCUT2D eigenvalue weighted by Gasteiger charge is 2.33. The maximum atomic E-state index is 12.2. The Morgan fingerprint density at radius 3 is 1.47 bits per heavy atom. The van der Waals surface area contributed by atoms with Crippen molar-refractivity contribution in [2.45, 2.75) is 12.8 Å². The SMILES string of the molecule is C#CCN.C#CCNC(=O)c1ccc(-c2ncc(-c3ccc(N(C)C)cc3)o2)cc1.CN(C)c1ccc(-c2cnc(-c3ccc(C(=O)ON4C(=O)CCC4=O)cc3)o2)cc1. The lowest BCUT2D eigenvalue weighted by molar-refractivity contribution is -0.172. The fourth-order valence-corrected chi connectivity index (χ4v) is 5.47. The average Bonchev–Trinajstić information content (AvgIpc) is 4.05. The van der Waals surface area contributed by atoms with Crippen molar-refractivity contribution in [1.29, 1.82) is 0 Å². The second-order valence-corrected chi connectivity index (χ2v) is 13.4. The molecule has 1 aliphatic rings. The molecule has 14 heteroatoms. The van der Waals surface area contributed by atoms with Crippen LogP contribution in [0.4, 0.5) is 11.4 Å². The molecule has 7 rings (SSSR count). The highest BCUT2D eigenvalue weighted by Crippen LogP contribution is 2.29. The van der Waals surface area contributed by atoms with Crippen LogP contribution in [0.5, 0.6) is 0 Å². The Hall–Kier alpha value is -7.94. The highest BCUT2D eigenvalue weighted by molar-refractivity contribution is 6.02. The number of nitrogens with one attached hydrogen (secondary N) is 1. The van der Waals surface area contributed by atoms with E-state index in [1.165, 1.54) is 12.1 Å². The second-order valence-electron chi connectivity index (χ2n) is 13.4. The third kappa shape index (κ3) is 11.1. The number of nitrogens with two attached hydrogens (primary N) is 1. The Morgan fingerprint density at radius 2 is 1.08 bits per heavy atom. The summed E-state index contributed by atoms with van der Waals surface area (Å²) in [5, 5.41) is 3.15. The largest absolute Gasteiger partial charge is 0.436 e. The number of rotatable bonds is 10. The Labute approximate surface area is 347 Å². The molecule has 2 aromatic heterocycles. The van der Waals surface area contributed by atoms with E-state index in [1.54, 1.807) is 48.8 Å². The van der Waals surface area contributed by atoms with E-state index in [-0.39, 0.29) is 30.9 Å². The van der Waals surface area contributed by atoms with Crippen LogP contribution in [0.15, 0.2) is 118 Å². The standard InChI is InChI=1S/C22H19N3O5.C21H19N3O2.C3H5N/c1-24(2)17-9-7-14(8-10-17)18-13-23-21(29-18)15-3-5-16(6-4-15)22(28)30-25-19(26)11-12-20(25)27;1-4-13-22-20(25)16-5-7-17(8-6-16)21-23-14-19(26-21)15-9-11-18(12-10-15)24(2)3;1-2-3-4/h3-10,13H,11-12H2,1-2H3;1,5-12,14H,13H2,2-3H3,(H,22,25);1H,3-4H2. The number of hydrogen-bond donors (Lipinski definition) is 2. The van der Waals surface area contributed by atoms with Gasteiger partial charge in [-0.2, -0.15) is 0 Å². The molecule has 4 aromatic carbocycles. The first-order chi connectivity index (χ1) is 28.9. The predicted molar refractivity (Wildman–Crippen MR) is 229 cm³/mol. The average molecular weight is 806 g/mol. The number of oxazole rings is 2. The van der Waals surface area contributed by atoms with Crippen molar-refractivity contribution in [1.82, 2.24) is 20.3 Å². The van der Waals surface area contributed by atoms with Crippen LogP contribution in [0.25, 0.3) is 45.6 Å². The molecule has 60 heavy (non-hydrogen) atoms. The first kappa shape index (κ1) is 43.2. The van der Waals surface area contributed by atoms with Gasteiger partial charge in [0.1, 0.15) is 0 Å². The number of aromatic nitrogens is 2. The van der Waals surface area contributed by atoms with E-state index in [0.29, 0.717) is 46.0 Å². The first-order valence-corrected chi connectivity index (χ1v) is 18.5. The van der Waals surface area contributed by atoms with E-state index in [4.69, 9.17) is 25.8 Å². The lowest BCUT2D eigenvalue weighted by atomic mass is 10.1. The Kier molecular flexibility index (Phi) is 14.7. The molecule has 0 atom stereocenters. The second kappa shape index (κ2) is 20.5. The summed E-state index contributed by atoms with van der Waals surface area (Å²) in [6, 6.07) is 29.4. The maximum absolute atomic E-state index is 12.2. The molecule has 6 aromatic rings. The molecule has 0 saturated carbocycles. The lowest BCUT2D eigenvalue weighted by Crippen LogP contribution is -2.32. The van der Waals surface area contributed by atoms with Crippen LogP contribution in [-0.4, -0.2) is 80.0 Å². The summed E-state index contributed by atoms with van der Waals surface area (Å²) in [6.07, 6.45) is 13.2. The van der Waals surface area contributed by atoms with Crippen LogP contribution in [0.3, 0.4) is 0 Å². The van der Waals surface area contributed by atoms with Gasteiger partial charge in [-0.1, -0.05) is 11.8 Å². The van der Waals surface area contributed by atoms with Crippen molar-refractivity contribution in [3.8, 4) is 70.2 Å². The molecule has 0 radical (unpaired) electrons. The third-order valence-corrected chi connectivity index (χ3v) is 8.76. The fraction of sp³-hybridized carbons (Fsp3) is 0.174. The molecule has 14 nitrogen and oxygen atoms in total. The van der Waals surface area contributed by atoms with Gasteiger partial charge in [0.2, 0.25) is 11.8 Å². The van der Waals surface area contributed by atoms with Crippen molar-refractivity contribution < 1.29 is 32.9 Å². The molecule has 0 aliphatic carbocycles. The smallest absolute Gasteiger partial charge is 0.363 e. The zero-order valence-corrected chi connectivity index (χ0v) is 33.5. The van der Waals surface area contributed by atoms with E-state index in [0.717, 1.165) is 28.1 Å². The van der Waals surface area contributed by atoms with Crippen LogP contribution in [0, 0.1) is 24.7 Å². The van der Waals surface area contributed by atoms with Crippen molar-refractivity contribution in [3.63, 3.8) is 0 Å². The van der Waals surface area contributed by atoms with Gasteiger partial charge in [-0.25, -0.2) is 14.8 Å². The topological polar surface area (TPSA) is 177 Å².